The molecule has 1 aliphatic heterocycles. The van der Waals surface area contributed by atoms with Gasteiger partial charge in [0.2, 0.25) is 0 Å². The van der Waals surface area contributed by atoms with E-state index < -0.39 is 5.60 Å². The molecule has 2 rings (SSSR count). The second kappa shape index (κ2) is 4.39. The molecular formula is C12H19N3O2. The number of amides is 1. The molecule has 17 heavy (non-hydrogen) atoms. The normalized spacial score (nSPS) is 16.3. The quantitative estimate of drug-likeness (QED) is 0.689. The largest absolute Gasteiger partial charge is 0.444 e. The highest BCUT2D eigenvalue weighted by atomic mass is 16.6. The molecule has 0 bridgehead atoms. The zero-order valence-corrected chi connectivity index (χ0v) is 10.6. The van der Waals surface area contributed by atoms with E-state index in [2.05, 4.69) is 9.55 Å². The van der Waals surface area contributed by atoms with Crippen LogP contribution in [0, 0.1) is 0 Å². The van der Waals surface area contributed by atoms with Gasteiger partial charge in [-0.2, -0.15) is 0 Å². The number of hydrogen-bond donors (Lipinski definition) is 0. The van der Waals surface area contributed by atoms with Crippen molar-refractivity contribution in [1.82, 2.24) is 14.5 Å². The highest BCUT2D eigenvalue weighted by Gasteiger charge is 2.24. The Morgan fingerprint density at radius 3 is 2.82 bits per heavy atom. The summed E-state index contributed by atoms with van der Waals surface area (Å²) in [5.74, 6) is 1.04. The van der Waals surface area contributed by atoms with Gasteiger partial charge < -0.3 is 14.2 Å². The van der Waals surface area contributed by atoms with Crippen molar-refractivity contribution in [2.45, 2.75) is 39.3 Å². The standard InChI is InChI=1S/C12H19N3O2/c1-12(2,3)17-11(16)15-6-4-10-13-5-7-14(10)8-9-15/h5,7H,4,6,8-9H2,1-3H3. The lowest BCUT2D eigenvalue weighted by molar-refractivity contribution is 0.0254. The molecule has 1 aliphatic rings. The number of imidazole rings is 1. The van der Waals surface area contributed by atoms with Crippen LogP contribution < -0.4 is 0 Å². The van der Waals surface area contributed by atoms with Crippen LogP contribution in [0.3, 0.4) is 0 Å². The van der Waals surface area contributed by atoms with E-state index in [0.717, 1.165) is 18.8 Å². The predicted octanol–water partition coefficient (Wildman–Crippen LogP) is 1.68. The highest BCUT2D eigenvalue weighted by Crippen LogP contribution is 2.12. The Labute approximate surface area is 101 Å². The third-order valence-electron chi connectivity index (χ3n) is 2.67. The first-order valence-electron chi connectivity index (χ1n) is 5.94. The van der Waals surface area contributed by atoms with E-state index in [1.54, 1.807) is 11.1 Å². The summed E-state index contributed by atoms with van der Waals surface area (Å²) in [6.45, 7) is 7.79. The molecule has 2 heterocycles. The predicted molar refractivity (Wildman–Crippen MR) is 63.7 cm³/mol. The zero-order valence-electron chi connectivity index (χ0n) is 10.6. The van der Waals surface area contributed by atoms with Crippen LogP contribution >= 0.6 is 0 Å². The maximum Gasteiger partial charge on any atom is 0.410 e. The SMILES string of the molecule is CC(C)(C)OC(=O)N1CCc2nccn2CC1. The second-order valence-corrected chi connectivity index (χ2v) is 5.25. The van der Waals surface area contributed by atoms with Crippen molar-refractivity contribution in [2.24, 2.45) is 0 Å². The summed E-state index contributed by atoms with van der Waals surface area (Å²) in [6.07, 6.45) is 4.31. The van der Waals surface area contributed by atoms with Crippen molar-refractivity contribution in [2.75, 3.05) is 13.1 Å². The Balaban J connectivity index is 1.97. The van der Waals surface area contributed by atoms with Crippen molar-refractivity contribution in [3.8, 4) is 0 Å². The summed E-state index contributed by atoms with van der Waals surface area (Å²) in [4.78, 5) is 17.9. The van der Waals surface area contributed by atoms with Gasteiger partial charge >= 0.3 is 6.09 Å². The Morgan fingerprint density at radius 2 is 2.12 bits per heavy atom. The minimum absolute atomic E-state index is 0.233. The van der Waals surface area contributed by atoms with Crippen LogP contribution in [-0.2, 0) is 17.7 Å². The van der Waals surface area contributed by atoms with Gasteiger partial charge in [-0.15, -0.1) is 0 Å². The van der Waals surface area contributed by atoms with E-state index in [9.17, 15) is 4.79 Å². The lowest BCUT2D eigenvalue weighted by Crippen LogP contribution is -2.38. The minimum atomic E-state index is -0.434. The Kier molecular flexibility index (Phi) is 3.09. The van der Waals surface area contributed by atoms with Gasteiger partial charge in [0.1, 0.15) is 11.4 Å². The van der Waals surface area contributed by atoms with Gasteiger partial charge in [0.15, 0.2) is 0 Å². The number of rotatable bonds is 0. The summed E-state index contributed by atoms with van der Waals surface area (Å²) >= 11 is 0. The van der Waals surface area contributed by atoms with Gasteiger partial charge in [0.25, 0.3) is 0 Å². The van der Waals surface area contributed by atoms with Crippen molar-refractivity contribution >= 4 is 6.09 Å². The average Bonchev–Trinajstić information content (AvgIpc) is 2.54. The van der Waals surface area contributed by atoms with Crippen molar-refractivity contribution < 1.29 is 9.53 Å². The first-order valence-corrected chi connectivity index (χ1v) is 5.94. The van der Waals surface area contributed by atoms with Gasteiger partial charge in [0.05, 0.1) is 0 Å². The first-order chi connectivity index (χ1) is 7.96. The zero-order chi connectivity index (χ0) is 12.5. The lowest BCUT2D eigenvalue weighted by Gasteiger charge is -2.26. The summed E-state index contributed by atoms with van der Waals surface area (Å²) in [6, 6.07) is 0. The molecule has 1 amide bonds. The van der Waals surface area contributed by atoms with E-state index in [1.165, 1.54) is 0 Å². The number of carbonyl (C=O) groups excluding carboxylic acids is 1. The molecule has 0 saturated heterocycles. The van der Waals surface area contributed by atoms with Crippen LogP contribution in [-0.4, -0.2) is 39.2 Å². The number of fused-ring (bicyclic) bond motifs is 1. The average molecular weight is 237 g/mol. The topological polar surface area (TPSA) is 47.4 Å². The molecule has 5 nitrogen and oxygen atoms in total. The number of ether oxygens (including phenoxy) is 1. The third-order valence-corrected chi connectivity index (χ3v) is 2.67. The van der Waals surface area contributed by atoms with E-state index in [4.69, 9.17) is 4.74 Å². The second-order valence-electron chi connectivity index (χ2n) is 5.25. The van der Waals surface area contributed by atoms with E-state index in [1.807, 2.05) is 27.0 Å². The fourth-order valence-corrected chi connectivity index (χ4v) is 1.86. The minimum Gasteiger partial charge on any atom is -0.444 e. The number of carbonyl (C=O) groups is 1. The third kappa shape index (κ3) is 2.99. The van der Waals surface area contributed by atoms with Gasteiger partial charge in [0, 0.05) is 38.4 Å². The van der Waals surface area contributed by atoms with Crippen LogP contribution in [0.2, 0.25) is 0 Å². The molecule has 0 fully saturated rings. The molecular weight excluding hydrogens is 218 g/mol. The van der Waals surface area contributed by atoms with E-state index >= 15 is 0 Å². The molecule has 0 spiro atoms. The molecule has 94 valence electrons. The molecule has 1 aromatic rings. The molecule has 5 heteroatoms. The number of nitrogens with zero attached hydrogens (tertiary/aromatic N) is 3. The Bertz CT molecular complexity index is 384. The maximum absolute atomic E-state index is 11.9. The fraction of sp³-hybridized carbons (Fsp3) is 0.667. The lowest BCUT2D eigenvalue weighted by atomic mass is 10.2. The summed E-state index contributed by atoms with van der Waals surface area (Å²) in [5, 5.41) is 0. The van der Waals surface area contributed by atoms with E-state index in [0.29, 0.717) is 13.1 Å². The molecule has 0 N–H and O–H groups in total. The molecule has 0 unspecified atom stereocenters. The van der Waals surface area contributed by atoms with Crippen molar-refractivity contribution in [3.63, 3.8) is 0 Å². The molecule has 0 aromatic carbocycles. The summed E-state index contributed by atoms with van der Waals surface area (Å²) in [7, 11) is 0. The molecule has 0 aliphatic carbocycles. The van der Waals surface area contributed by atoms with Crippen molar-refractivity contribution in [1.29, 1.82) is 0 Å². The Morgan fingerprint density at radius 1 is 1.35 bits per heavy atom. The molecule has 0 saturated carbocycles. The van der Waals surface area contributed by atoms with Gasteiger partial charge in [-0.05, 0) is 20.8 Å². The summed E-state index contributed by atoms with van der Waals surface area (Å²) in [5.41, 5.74) is -0.434. The van der Waals surface area contributed by atoms with E-state index in [-0.39, 0.29) is 6.09 Å². The fourth-order valence-electron chi connectivity index (χ4n) is 1.86. The summed E-state index contributed by atoms with van der Waals surface area (Å²) < 4.78 is 7.45. The highest BCUT2D eigenvalue weighted by molar-refractivity contribution is 5.68. The van der Waals surface area contributed by atoms with Crippen LogP contribution in [0.5, 0.6) is 0 Å². The van der Waals surface area contributed by atoms with Crippen LogP contribution in [0.1, 0.15) is 26.6 Å². The van der Waals surface area contributed by atoms with Crippen LogP contribution in [0.4, 0.5) is 4.79 Å². The van der Waals surface area contributed by atoms with Crippen molar-refractivity contribution in [3.05, 3.63) is 18.2 Å². The number of hydrogen-bond acceptors (Lipinski definition) is 3. The van der Waals surface area contributed by atoms with Gasteiger partial charge in [-0.3, -0.25) is 0 Å². The molecule has 1 aromatic heterocycles. The number of aromatic nitrogens is 2. The smallest absolute Gasteiger partial charge is 0.410 e. The maximum atomic E-state index is 11.9. The molecule has 0 atom stereocenters. The van der Waals surface area contributed by atoms with Crippen LogP contribution in [0.25, 0.3) is 0 Å². The van der Waals surface area contributed by atoms with Gasteiger partial charge in [-0.1, -0.05) is 0 Å². The Hall–Kier alpha value is -1.52. The molecule has 0 radical (unpaired) electrons. The van der Waals surface area contributed by atoms with Gasteiger partial charge in [-0.25, -0.2) is 9.78 Å². The first kappa shape index (κ1) is 12.0. The monoisotopic (exact) mass is 237 g/mol. The van der Waals surface area contributed by atoms with Crippen LogP contribution in [0.15, 0.2) is 12.4 Å².